The topological polar surface area (TPSA) is 157 Å². The van der Waals surface area contributed by atoms with E-state index in [2.05, 4.69) is 51.7 Å². The highest BCUT2D eigenvalue weighted by molar-refractivity contribution is 7.44. The summed E-state index contributed by atoms with van der Waals surface area (Å²) in [5, 5.41) is 14.9. The Balaban J connectivity index is 1.46. The van der Waals surface area contributed by atoms with Gasteiger partial charge in [-0.15, -0.1) is 0 Å². The van der Waals surface area contributed by atoms with Crippen LogP contribution in [0.2, 0.25) is 0 Å². The summed E-state index contributed by atoms with van der Waals surface area (Å²) in [6.07, 6.45) is 5.67. The zero-order chi connectivity index (χ0) is 44.8. The lowest BCUT2D eigenvalue weighted by atomic mass is 9.80. The molecule has 4 unspecified atom stereocenters. The maximum atomic E-state index is 9.45. The fourth-order valence-electron chi connectivity index (χ4n) is 7.25. The molecule has 16 nitrogen and oxygen atoms in total. The van der Waals surface area contributed by atoms with Gasteiger partial charge in [0.2, 0.25) is 0 Å². The van der Waals surface area contributed by atoms with Crippen LogP contribution < -0.4 is 9.47 Å². The molecule has 0 amide bonds. The molecule has 63 heavy (non-hydrogen) atoms. The summed E-state index contributed by atoms with van der Waals surface area (Å²) in [5.74, 6) is 2.10. The number of hydrogen-bond donors (Lipinski definition) is 0. The summed E-state index contributed by atoms with van der Waals surface area (Å²) in [5.41, 5.74) is 2.08. The molecule has 334 valence electrons. The second-order valence-electron chi connectivity index (χ2n) is 15.3. The summed E-state index contributed by atoms with van der Waals surface area (Å²) >= 11 is 0. The predicted octanol–water partition coefficient (Wildman–Crippen LogP) is 8.25. The average molecular weight is 879 g/mol. The smallest absolute Gasteiger partial charge is 0.259 e. The molecule has 5 aromatic rings. The van der Waals surface area contributed by atoms with Crippen molar-refractivity contribution in [2.24, 2.45) is 9.98 Å². The van der Waals surface area contributed by atoms with Crippen LogP contribution in [0.4, 0.5) is 11.8 Å². The minimum atomic E-state index is -1.59. The highest BCUT2D eigenvalue weighted by atomic mass is 31.2. The molecule has 1 fully saturated rings. The molecule has 0 spiro atoms. The first-order valence-corrected chi connectivity index (χ1v) is 22.3. The lowest BCUT2D eigenvalue weighted by Gasteiger charge is -2.37. The van der Waals surface area contributed by atoms with E-state index in [1.165, 1.54) is 0 Å². The van der Waals surface area contributed by atoms with Crippen molar-refractivity contribution >= 4 is 44.0 Å². The normalized spacial score (nSPS) is 17.2. The lowest BCUT2D eigenvalue weighted by molar-refractivity contribution is -0.0929. The van der Waals surface area contributed by atoms with Gasteiger partial charge in [0.1, 0.15) is 23.2 Å². The maximum Gasteiger partial charge on any atom is 0.259 e. The summed E-state index contributed by atoms with van der Waals surface area (Å²) in [6, 6.07) is 28.2. The molecule has 6 rings (SSSR count). The first-order valence-electron chi connectivity index (χ1n) is 21.2. The Hall–Kier alpha value is -5.53. The van der Waals surface area contributed by atoms with E-state index in [-0.39, 0.29) is 25.6 Å². The molecule has 4 atom stereocenters. The van der Waals surface area contributed by atoms with Gasteiger partial charge in [0, 0.05) is 47.7 Å². The standard InChI is InChI=1S/C46H59N10O6P/c1-9-26-55(27-10-2)63(60-28-14-25-47)62-40-29-42(56-44-39(30-50-56)43(48-32-53(3)4)51-45(52-44)49-33-54(5)6)61-41(40)31-59-46(34-15-12-11-13-16-34,35-17-21-37(57-7)22-18-35)36-19-23-38(58-8)24-20-36/h11-13,15-24,30,32-33,40-42H,9-10,14,26-29,31H2,1-8H3. The SMILES string of the molecule is CCCN(CCC)P(OCCC#N)OC1CC(n2ncc3c(N=CN(C)C)nc(N=CN(C)C)nc32)OC1COC(c1ccccc1)(c1ccc(OC)cc1)c1ccc(OC)cc1. The maximum absolute atomic E-state index is 9.45. The van der Waals surface area contributed by atoms with Crippen LogP contribution in [0, 0.1) is 11.3 Å². The molecule has 0 N–H and O–H groups in total. The summed E-state index contributed by atoms with van der Waals surface area (Å²) < 4.78 is 43.1. The fraction of sp³-hybridized carbons (Fsp3) is 0.435. The number of hydrogen-bond acceptors (Lipinski definition) is 13. The van der Waals surface area contributed by atoms with Crippen LogP contribution in [-0.4, -0.2) is 128 Å². The van der Waals surface area contributed by atoms with Gasteiger partial charge >= 0.3 is 0 Å². The van der Waals surface area contributed by atoms with Crippen LogP contribution >= 0.6 is 8.53 Å². The van der Waals surface area contributed by atoms with Crippen molar-refractivity contribution in [1.82, 2.24) is 34.2 Å². The third kappa shape index (κ3) is 11.5. The number of methoxy groups -OCH3 is 2. The molecule has 0 aliphatic carbocycles. The van der Waals surface area contributed by atoms with Gasteiger partial charge in [0.25, 0.3) is 14.5 Å². The number of fused-ring (bicyclic) bond motifs is 1. The summed E-state index contributed by atoms with van der Waals surface area (Å²) in [6.45, 7) is 6.14. The van der Waals surface area contributed by atoms with Gasteiger partial charge in [-0.25, -0.2) is 19.3 Å². The molecule has 17 heteroatoms. The molecule has 0 radical (unpaired) electrons. The van der Waals surface area contributed by atoms with Crippen molar-refractivity contribution < 1.29 is 28.0 Å². The zero-order valence-electron chi connectivity index (χ0n) is 37.5. The van der Waals surface area contributed by atoms with E-state index in [1.807, 2.05) is 105 Å². The third-order valence-corrected chi connectivity index (χ3v) is 11.9. The molecular weight excluding hydrogens is 820 g/mol. The van der Waals surface area contributed by atoms with Crippen molar-refractivity contribution in [2.45, 2.75) is 63.6 Å². The lowest BCUT2D eigenvalue weighted by Crippen LogP contribution is -2.38. The summed E-state index contributed by atoms with van der Waals surface area (Å²) in [4.78, 5) is 22.3. The van der Waals surface area contributed by atoms with Crippen molar-refractivity contribution in [3.63, 3.8) is 0 Å². The Kier molecular flexibility index (Phi) is 16.9. The highest BCUT2D eigenvalue weighted by Gasteiger charge is 2.45. The number of ether oxygens (including phenoxy) is 4. The van der Waals surface area contributed by atoms with Crippen LogP contribution in [0.3, 0.4) is 0 Å². The minimum Gasteiger partial charge on any atom is -0.497 e. The van der Waals surface area contributed by atoms with E-state index in [0.717, 1.165) is 54.1 Å². The molecule has 3 heterocycles. The molecule has 3 aromatic carbocycles. The van der Waals surface area contributed by atoms with Crippen molar-refractivity contribution in [3.8, 4) is 17.6 Å². The number of benzene rings is 3. The van der Waals surface area contributed by atoms with Crippen molar-refractivity contribution in [1.29, 1.82) is 5.26 Å². The van der Waals surface area contributed by atoms with Gasteiger partial charge in [0.15, 0.2) is 17.7 Å². The van der Waals surface area contributed by atoms with E-state index in [9.17, 15) is 5.26 Å². The largest absolute Gasteiger partial charge is 0.497 e. The Morgan fingerprint density at radius 1 is 0.857 bits per heavy atom. The zero-order valence-corrected chi connectivity index (χ0v) is 38.4. The second-order valence-corrected chi connectivity index (χ2v) is 16.9. The van der Waals surface area contributed by atoms with Crippen LogP contribution in [0.5, 0.6) is 11.5 Å². The van der Waals surface area contributed by atoms with Gasteiger partial charge in [-0.2, -0.15) is 20.3 Å². The molecular formula is C46H59N10O6P. The Labute approximate surface area is 372 Å². The number of aromatic nitrogens is 4. The van der Waals surface area contributed by atoms with Gasteiger partial charge < -0.3 is 37.8 Å². The van der Waals surface area contributed by atoms with Gasteiger partial charge in [0.05, 0.1) is 70.3 Å². The Morgan fingerprint density at radius 3 is 2.03 bits per heavy atom. The van der Waals surface area contributed by atoms with E-state index in [0.29, 0.717) is 23.3 Å². The fourth-order valence-corrected chi connectivity index (χ4v) is 9.04. The van der Waals surface area contributed by atoms with Crippen molar-refractivity contribution in [3.05, 3.63) is 102 Å². The van der Waals surface area contributed by atoms with E-state index in [4.69, 9.17) is 38.1 Å². The van der Waals surface area contributed by atoms with Crippen LogP contribution in [0.25, 0.3) is 11.0 Å². The molecule has 2 aromatic heterocycles. The number of nitriles is 1. The predicted molar refractivity (Wildman–Crippen MR) is 246 cm³/mol. The Bertz CT molecular complexity index is 2230. The van der Waals surface area contributed by atoms with E-state index < -0.39 is 32.6 Å². The molecule has 1 aliphatic heterocycles. The highest BCUT2D eigenvalue weighted by Crippen LogP contribution is 2.49. The Morgan fingerprint density at radius 2 is 1.46 bits per heavy atom. The molecule has 1 aliphatic rings. The number of rotatable bonds is 23. The van der Waals surface area contributed by atoms with Gasteiger partial charge in [-0.3, -0.25) is 0 Å². The monoisotopic (exact) mass is 878 g/mol. The first kappa shape index (κ1) is 47.0. The molecule has 0 bridgehead atoms. The van der Waals surface area contributed by atoms with E-state index in [1.54, 1.807) is 37.8 Å². The van der Waals surface area contributed by atoms with Crippen LogP contribution in [0.15, 0.2) is 95.0 Å². The number of aliphatic imine (C=N–C) groups is 2. The average Bonchev–Trinajstić information content (AvgIpc) is 3.92. The minimum absolute atomic E-state index is 0.0992. The molecule has 0 saturated carbocycles. The van der Waals surface area contributed by atoms with Crippen LogP contribution in [-0.2, 0) is 24.1 Å². The van der Waals surface area contributed by atoms with Crippen LogP contribution in [0.1, 0.15) is 62.4 Å². The number of nitrogens with zero attached hydrogens (tertiary/aromatic N) is 10. The van der Waals surface area contributed by atoms with Gasteiger partial charge in [-0.1, -0.05) is 68.4 Å². The second kappa shape index (κ2) is 22.7. The van der Waals surface area contributed by atoms with Crippen molar-refractivity contribution in [2.75, 3.05) is 68.7 Å². The van der Waals surface area contributed by atoms with Gasteiger partial charge in [-0.05, 0) is 53.8 Å². The quantitative estimate of drug-likeness (QED) is 0.0203. The summed E-state index contributed by atoms with van der Waals surface area (Å²) in [7, 11) is 9.25. The van der Waals surface area contributed by atoms with E-state index >= 15 is 0 Å². The first-order chi connectivity index (χ1) is 30.6. The molecule has 1 saturated heterocycles. The third-order valence-electron chi connectivity index (χ3n) is 10.2.